The fourth-order valence-electron chi connectivity index (χ4n) is 2.05. The molecule has 122 valence electrons. The smallest absolute Gasteiger partial charge is 0.137 e. The minimum atomic E-state index is 0.469. The summed E-state index contributed by atoms with van der Waals surface area (Å²) in [6, 6.07) is 0. The zero-order chi connectivity index (χ0) is 16.1. The largest absolute Gasteiger partial charge is 0.492 e. The van der Waals surface area contributed by atoms with E-state index >= 15 is 0 Å². The molecule has 0 atom stereocenters. The number of unbranched alkanes of at least 4 members (excludes halogenated alkanes) is 3. The highest BCUT2D eigenvalue weighted by Crippen LogP contribution is 2.14. The molecular formula is C18H34N2O. The van der Waals surface area contributed by atoms with Gasteiger partial charge in [0.05, 0.1) is 12.3 Å². The SMILES string of the molecule is C=C(OCCCCCC)C(=N)C1=CCCN(C)C1.CCC. The Bertz CT molecular complexity index is 334. The van der Waals surface area contributed by atoms with Gasteiger partial charge >= 0.3 is 0 Å². The number of nitrogens with one attached hydrogen (secondary N) is 1. The van der Waals surface area contributed by atoms with Gasteiger partial charge in [0.2, 0.25) is 0 Å². The Labute approximate surface area is 131 Å². The molecule has 0 saturated heterocycles. The van der Waals surface area contributed by atoms with Crippen molar-refractivity contribution in [1.82, 2.24) is 4.90 Å². The van der Waals surface area contributed by atoms with Crippen molar-refractivity contribution in [2.45, 2.75) is 59.3 Å². The zero-order valence-corrected chi connectivity index (χ0v) is 14.5. The van der Waals surface area contributed by atoms with Gasteiger partial charge in [-0.3, -0.25) is 5.41 Å². The van der Waals surface area contributed by atoms with Gasteiger partial charge in [0.25, 0.3) is 0 Å². The Morgan fingerprint density at radius 3 is 2.52 bits per heavy atom. The first-order valence-corrected chi connectivity index (χ1v) is 8.35. The van der Waals surface area contributed by atoms with Gasteiger partial charge in [-0.25, -0.2) is 0 Å². The molecule has 1 N–H and O–H groups in total. The minimum Gasteiger partial charge on any atom is -0.492 e. The molecule has 1 aliphatic heterocycles. The van der Waals surface area contributed by atoms with Gasteiger partial charge in [-0.2, -0.15) is 0 Å². The summed E-state index contributed by atoms with van der Waals surface area (Å²) in [7, 11) is 2.08. The number of allylic oxidation sites excluding steroid dienone is 1. The second kappa shape index (κ2) is 12.6. The summed E-state index contributed by atoms with van der Waals surface area (Å²) in [4.78, 5) is 2.22. The van der Waals surface area contributed by atoms with Crippen molar-refractivity contribution >= 4 is 5.71 Å². The first-order valence-electron chi connectivity index (χ1n) is 8.35. The van der Waals surface area contributed by atoms with E-state index in [-0.39, 0.29) is 0 Å². The third-order valence-corrected chi connectivity index (χ3v) is 3.22. The number of hydrogen-bond acceptors (Lipinski definition) is 3. The second-order valence-corrected chi connectivity index (χ2v) is 5.67. The van der Waals surface area contributed by atoms with Crippen molar-refractivity contribution in [3.8, 4) is 0 Å². The number of ether oxygens (including phenoxy) is 1. The Balaban J connectivity index is 0.00000122. The lowest BCUT2D eigenvalue weighted by atomic mass is 10.0. The highest BCUT2D eigenvalue weighted by atomic mass is 16.5. The van der Waals surface area contributed by atoms with Crippen molar-refractivity contribution in [2.75, 3.05) is 26.7 Å². The van der Waals surface area contributed by atoms with Crippen LogP contribution < -0.4 is 0 Å². The molecule has 0 radical (unpaired) electrons. The Morgan fingerprint density at radius 1 is 1.29 bits per heavy atom. The predicted molar refractivity (Wildman–Crippen MR) is 93.1 cm³/mol. The molecule has 0 amide bonds. The maximum absolute atomic E-state index is 8.08. The summed E-state index contributed by atoms with van der Waals surface area (Å²) in [5, 5.41) is 8.08. The van der Waals surface area contributed by atoms with E-state index in [9.17, 15) is 0 Å². The van der Waals surface area contributed by atoms with Crippen LogP contribution in [0.2, 0.25) is 0 Å². The lowest BCUT2D eigenvalue weighted by Gasteiger charge is -2.23. The standard InChI is InChI=1S/C15H26N2O.C3H8/c1-4-5-6-7-11-18-13(2)15(16)14-9-8-10-17(3)12-14;1-3-2/h9,16H,2,4-8,10-12H2,1,3H3;3H2,1-2H3. The van der Waals surface area contributed by atoms with Gasteiger partial charge in [0.15, 0.2) is 0 Å². The van der Waals surface area contributed by atoms with Gasteiger partial charge in [-0.1, -0.05) is 59.1 Å². The molecule has 1 rings (SSSR count). The molecule has 1 aliphatic rings. The van der Waals surface area contributed by atoms with Crippen LogP contribution in [0.25, 0.3) is 0 Å². The highest BCUT2D eigenvalue weighted by Gasteiger charge is 2.15. The number of nitrogens with zero attached hydrogens (tertiary/aromatic N) is 1. The zero-order valence-electron chi connectivity index (χ0n) is 14.5. The van der Waals surface area contributed by atoms with E-state index in [2.05, 4.69) is 45.4 Å². The molecule has 21 heavy (non-hydrogen) atoms. The van der Waals surface area contributed by atoms with E-state index < -0.39 is 0 Å². The van der Waals surface area contributed by atoms with E-state index in [0.29, 0.717) is 18.1 Å². The molecule has 0 aromatic carbocycles. The van der Waals surface area contributed by atoms with Crippen LogP contribution in [0.4, 0.5) is 0 Å². The topological polar surface area (TPSA) is 36.3 Å². The molecule has 1 heterocycles. The fourth-order valence-corrected chi connectivity index (χ4v) is 2.05. The van der Waals surface area contributed by atoms with E-state index in [1.807, 2.05) is 0 Å². The van der Waals surface area contributed by atoms with Gasteiger partial charge in [-0.05, 0) is 25.5 Å². The Morgan fingerprint density at radius 2 is 1.95 bits per heavy atom. The van der Waals surface area contributed by atoms with Crippen LogP contribution in [-0.2, 0) is 4.74 Å². The van der Waals surface area contributed by atoms with E-state index in [0.717, 1.165) is 31.5 Å². The van der Waals surface area contributed by atoms with Crippen molar-refractivity contribution in [2.24, 2.45) is 0 Å². The summed E-state index contributed by atoms with van der Waals surface area (Å²) < 4.78 is 5.56. The molecule has 0 aromatic rings. The van der Waals surface area contributed by atoms with Crippen LogP contribution in [-0.4, -0.2) is 37.4 Å². The lowest BCUT2D eigenvalue weighted by Crippen LogP contribution is -2.29. The number of hydrogen-bond donors (Lipinski definition) is 1. The van der Waals surface area contributed by atoms with E-state index in [4.69, 9.17) is 10.1 Å². The van der Waals surface area contributed by atoms with Crippen LogP contribution in [0.15, 0.2) is 24.0 Å². The maximum atomic E-state index is 8.08. The van der Waals surface area contributed by atoms with Crippen LogP contribution in [0, 0.1) is 5.41 Å². The molecule has 0 aliphatic carbocycles. The first kappa shape index (κ1) is 19.9. The summed E-state index contributed by atoms with van der Waals surface area (Å²) in [6.45, 7) is 12.9. The molecule has 0 fully saturated rings. The summed E-state index contributed by atoms with van der Waals surface area (Å²) in [6.07, 6.45) is 9.13. The van der Waals surface area contributed by atoms with Crippen molar-refractivity contribution in [1.29, 1.82) is 5.41 Å². The summed E-state index contributed by atoms with van der Waals surface area (Å²) in [5.74, 6) is 0.521. The minimum absolute atomic E-state index is 0.469. The molecule has 0 bridgehead atoms. The van der Waals surface area contributed by atoms with Crippen LogP contribution in [0.1, 0.15) is 59.3 Å². The summed E-state index contributed by atoms with van der Waals surface area (Å²) >= 11 is 0. The first-order chi connectivity index (χ1) is 10.1. The Kier molecular flexibility index (Phi) is 12.0. The van der Waals surface area contributed by atoms with Crippen molar-refractivity contribution in [3.05, 3.63) is 24.0 Å². The van der Waals surface area contributed by atoms with Gasteiger partial charge in [0, 0.05) is 13.1 Å². The number of rotatable bonds is 8. The van der Waals surface area contributed by atoms with Gasteiger partial charge < -0.3 is 9.64 Å². The molecule has 3 heteroatoms. The molecule has 3 nitrogen and oxygen atoms in total. The average molecular weight is 294 g/mol. The van der Waals surface area contributed by atoms with Crippen LogP contribution in [0.3, 0.4) is 0 Å². The molecule has 0 unspecified atom stereocenters. The quantitative estimate of drug-likeness (QED) is 0.397. The monoisotopic (exact) mass is 294 g/mol. The van der Waals surface area contributed by atoms with Gasteiger partial charge in [-0.15, -0.1) is 0 Å². The molecule has 0 spiro atoms. The van der Waals surface area contributed by atoms with Crippen LogP contribution in [0.5, 0.6) is 0 Å². The third kappa shape index (κ3) is 9.46. The predicted octanol–water partition coefficient (Wildman–Crippen LogP) is 4.79. The Hall–Kier alpha value is -1.09. The number of likely N-dealkylation sites (N-methyl/N-ethyl adjacent to an activating group) is 1. The highest BCUT2D eigenvalue weighted by molar-refractivity contribution is 6.08. The normalized spacial score (nSPS) is 14.8. The second-order valence-electron chi connectivity index (χ2n) is 5.67. The lowest BCUT2D eigenvalue weighted by molar-refractivity contribution is 0.224. The van der Waals surface area contributed by atoms with E-state index in [1.165, 1.54) is 25.7 Å². The molecule has 0 aromatic heterocycles. The third-order valence-electron chi connectivity index (χ3n) is 3.22. The van der Waals surface area contributed by atoms with Crippen molar-refractivity contribution in [3.63, 3.8) is 0 Å². The fraction of sp³-hybridized carbons (Fsp3) is 0.722. The average Bonchev–Trinajstić information content (AvgIpc) is 2.47. The van der Waals surface area contributed by atoms with Gasteiger partial charge in [0.1, 0.15) is 5.76 Å². The van der Waals surface area contributed by atoms with E-state index in [1.54, 1.807) is 0 Å². The van der Waals surface area contributed by atoms with Crippen molar-refractivity contribution < 1.29 is 4.74 Å². The molecule has 0 saturated carbocycles. The maximum Gasteiger partial charge on any atom is 0.137 e. The summed E-state index contributed by atoms with van der Waals surface area (Å²) in [5.41, 5.74) is 1.51. The molecular weight excluding hydrogens is 260 g/mol. The van der Waals surface area contributed by atoms with Crippen LogP contribution >= 0.6 is 0 Å².